The number of hydrogen-bond acceptors (Lipinski definition) is 3. The summed E-state index contributed by atoms with van der Waals surface area (Å²) in [5.41, 5.74) is 1.46. The van der Waals surface area contributed by atoms with Gasteiger partial charge in [-0.25, -0.2) is 0 Å². The van der Waals surface area contributed by atoms with Crippen molar-refractivity contribution in [3.63, 3.8) is 0 Å². The van der Waals surface area contributed by atoms with E-state index < -0.39 is 0 Å². The van der Waals surface area contributed by atoms with Gasteiger partial charge in [-0.15, -0.1) is 0 Å². The first-order valence-electron chi connectivity index (χ1n) is 5.96. The predicted octanol–water partition coefficient (Wildman–Crippen LogP) is 1.26. The van der Waals surface area contributed by atoms with Crippen molar-refractivity contribution >= 4 is 0 Å². The Kier molecular flexibility index (Phi) is 6.64. The summed E-state index contributed by atoms with van der Waals surface area (Å²) >= 11 is 0. The molecule has 0 aromatic carbocycles. The van der Waals surface area contributed by atoms with E-state index in [-0.39, 0.29) is 0 Å². The average Bonchev–Trinajstić information content (AvgIpc) is 2.27. The molecule has 0 saturated heterocycles. The van der Waals surface area contributed by atoms with E-state index in [4.69, 9.17) is 4.74 Å². The topological polar surface area (TPSA) is 24.5 Å². The fraction of sp³-hybridized carbons (Fsp3) is 0.833. The number of ether oxygens (including phenoxy) is 1. The van der Waals surface area contributed by atoms with E-state index in [9.17, 15) is 0 Å². The maximum Gasteiger partial charge on any atom is 0.0673 e. The van der Waals surface area contributed by atoms with Crippen molar-refractivity contribution in [1.82, 2.24) is 10.2 Å². The minimum absolute atomic E-state index is 0.811. The third kappa shape index (κ3) is 5.30. The third-order valence-electron chi connectivity index (χ3n) is 2.79. The monoisotopic (exact) mass is 212 g/mol. The van der Waals surface area contributed by atoms with Gasteiger partial charge in [-0.2, -0.15) is 0 Å². The quantitative estimate of drug-likeness (QED) is 0.508. The van der Waals surface area contributed by atoms with E-state index in [0.29, 0.717) is 0 Å². The molecular formula is C12H24N2O. The van der Waals surface area contributed by atoms with Crippen molar-refractivity contribution in [2.75, 3.05) is 46.4 Å². The van der Waals surface area contributed by atoms with Gasteiger partial charge < -0.3 is 10.1 Å². The summed E-state index contributed by atoms with van der Waals surface area (Å²) in [5.74, 6) is 0. The highest BCUT2D eigenvalue weighted by atomic mass is 16.5. The van der Waals surface area contributed by atoms with Crippen molar-refractivity contribution < 1.29 is 4.74 Å². The molecule has 0 unspecified atom stereocenters. The lowest BCUT2D eigenvalue weighted by Crippen LogP contribution is -2.32. The van der Waals surface area contributed by atoms with E-state index in [0.717, 1.165) is 26.2 Å². The zero-order valence-corrected chi connectivity index (χ0v) is 10.1. The molecule has 0 fully saturated rings. The number of hydrogen-bond donors (Lipinski definition) is 1. The summed E-state index contributed by atoms with van der Waals surface area (Å²) in [6.45, 7) is 8.70. The van der Waals surface area contributed by atoms with E-state index in [1.54, 1.807) is 7.11 Å². The van der Waals surface area contributed by atoms with Gasteiger partial charge in [0.1, 0.15) is 0 Å². The molecule has 0 aliphatic carbocycles. The minimum Gasteiger partial charge on any atom is -0.380 e. The Balaban J connectivity index is 2.09. The first kappa shape index (κ1) is 12.7. The molecule has 1 aliphatic rings. The van der Waals surface area contributed by atoms with Crippen LogP contribution >= 0.6 is 0 Å². The van der Waals surface area contributed by atoms with Crippen LogP contribution in [0, 0.1) is 0 Å². The van der Waals surface area contributed by atoms with Crippen LogP contribution in [0.2, 0.25) is 0 Å². The minimum atomic E-state index is 0.811. The van der Waals surface area contributed by atoms with E-state index >= 15 is 0 Å². The molecule has 0 bridgehead atoms. The SMILES string of the molecule is CCNCCCN1CC=C(COC)CC1. The fourth-order valence-electron chi connectivity index (χ4n) is 1.88. The Morgan fingerprint density at radius 2 is 2.40 bits per heavy atom. The van der Waals surface area contributed by atoms with Crippen molar-refractivity contribution in [3.8, 4) is 0 Å². The highest BCUT2D eigenvalue weighted by Crippen LogP contribution is 2.10. The van der Waals surface area contributed by atoms with Crippen LogP contribution in [0.1, 0.15) is 19.8 Å². The molecule has 3 nitrogen and oxygen atoms in total. The number of nitrogens with zero attached hydrogens (tertiary/aromatic N) is 1. The second-order valence-corrected chi connectivity index (χ2v) is 4.05. The van der Waals surface area contributed by atoms with Crippen LogP contribution < -0.4 is 5.32 Å². The zero-order chi connectivity index (χ0) is 10.9. The van der Waals surface area contributed by atoms with Gasteiger partial charge in [0, 0.05) is 20.2 Å². The molecule has 3 heteroatoms. The second kappa shape index (κ2) is 7.85. The highest BCUT2D eigenvalue weighted by Gasteiger charge is 2.10. The van der Waals surface area contributed by atoms with Crippen molar-refractivity contribution in [2.45, 2.75) is 19.8 Å². The molecule has 0 spiro atoms. The molecule has 1 heterocycles. The van der Waals surface area contributed by atoms with Gasteiger partial charge in [0.15, 0.2) is 0 Å². The smallest absolute Gasteiger partial charge is 0.0673 e. The summed E-state index contributed by atoms with van der Waals surface area (Å²) in [5, 5.41) is 3.35. The van der Waals surface area contributed by atoms with E-state index in [2.05, 4.69) is 23.2 Å². The van der Waals surface area contributed by atoms with Crippen molar-refractivity contribution in [2.24, 2.45) is 0 Å². The van der Waals surface area contributed by atoms with E-state index in [1.165, 1.54) is 31.5 Å². The van der Waals surface area contributed by atoms with Gasteiger partial charge in [0.2, 0.25) is 0 Å². The molecule has 0 saturated carbocycles. The Morgan fingerprint density at radius 1 is 1.53 bits per heavy atom. The summed E-state index contributed by atoms with van der Waals surface area (Å²) in [6, 6.07) is 0. The normalized spacial score (nSPS) is 17.9. The van der Waals surface area contributed by atoms with Crippen molar-refractivity contribution in [3.05, 3.63) is 11.6 Å². The fourth-order valence-corrected chi connectivity index (χ4v) is 1.88. The van der Waals surface area contributed by atoms with Crippen molar-refractivity contribution in [1.29, 1.82) is 0 Å². The van der Waals surface area contributed by atoms with Gasteiger partial charge in [-0.3, -0.25) is 4.90 Å². The van der Waals surface area contributed by atoms with Crippen LogP contribution in [0.15, 0.2) is 11.6 Å². The van der Waals surface area contributed by atoms with Crippen LogP contribution in [-0.4, -0.2) is 51.3 Å². The van der Waals surface area contributed by atoms with Gasteiger partial charge >= 0.3 is 0 Å². The summed E-state index contributed by atoms with van der Waals surface area (Å²) < 4.78 is 5.13. The largest absolute Gasteiger partial charge is 0.380 e. The lowest BCUT2D eigenvalue weighted by molar-refractivity contribution is 0.211. The maximum absolute atomic E-state index is 5.13. The Morgan fingerprint density at radius 3 is 3.00 bits per heavy atom. The van der Waals surface area contributed by atoms with Crippen LogP contribution in [0.25, 0.3) is 0 Å². The van der Waals surface area contributed by atoms with Crippen LogP contribution in [0.3, 0.4) is 0 Å². The summed E-state index contributed by atoms with van der Waals surface area (Å²) in [7, 11) is 1.77. The Labute approximate surface area is 93.5 Å². The lowest BCUT2D eigenvalue weighted by atomic mass is 10.1. The first-order valence-corrected chi connectivity index (χ1v) is 5.96. The van der Waals surface area contributed by atoms with Gasteiger partial charge in [0.25, 0.3) is 0 Å². The molecular weight excluding hydrogens is 188 g/mol. The standard InChI is InChI=1S/C12H24N2O/c1-3-13-7-4-8-14-9-5-12(6-10-14)11-15-2/h5,13H,3-4,6-11H2,1-2H3. The summed E-state index contributed by atoms with van der Waals surface area (Å²) in [6.07, 6.45) is 4.75. The highest BCUT2D eigenvalue weighted by molar-refractivity contribution is 5.07. The van der Waals surface area contributed by atoms with Gasteiger partial charge in [0.05, 0.1) is 6.61 Å². The molecule has 88 valence electrons. The molecule has 0 radical (unpaired) electrons. The molecule has 1 aliphatic heterocycles. The first-order chi connectivity index (χ1) is 7.36. The molecule has 0 aromatic rings. The van der Waals surface area contributed by atoms with E-state index in [1.807, 2.05) is 0 Å². The molecule has 15 heavy (non-hydrogen) atoms. The number of methoxy groups -OCH3 is 1. The maximum atomic E-state index is 5.13. The molecule has 1 N–H and O–H groups in total. The zero-order valence-electron chi connectivity index (χ0n) is 10.1. The molecule has 0 atom stereocenters. The molecule has 1 rings (SSSR count). The Hall–Kier alpha value is -0.380. The van der Waals surface area contributed by atoms with Gasteiger partial charge in [-0.1, -0.05) is 13.0 Å². The third-order valence-corrected chi connectivity index (χ3v) is 2.79. The van der Waals surface area contributed by atoms with Crippen LogP contribution in [0.5, 0.6) is 0 Å². The number of nitrogens with one attached hydrogen (secondary N) is 1. The molecule has 0 aromatic heterocycles. The van der Waals surface area contributed by atoms with Crippen LogP contribution in [-0.2, 0) is 4.74 Å². The lowest BCUT2D eigenvalue weighted by Gasteiger charge is -2.26. The summed E-state index contributed by atoms with van der Waals surface area (Å²) in [4.78, 5) is 2.51. The Bertz CT molecular complexity index is 192. The second-order valence-electron chi connectivity index (χ2n) is 4.05. The predicted molar refractivity (Wildman–Crippen MR) is 64.2 cm³/mol. The number of rotatable bonds is 7. The van der Waals surface area contributed by atoms with Gasteiger partial charge in [-0.05, 0) is 38.0 Å². The molecule has 0 amide bonds. The average molecular weight is 212 g/mol. The van der Waals surface area contributed by atoms with Crippen LogP contribution in [0.4, 0.5) is 0 Å².